The summed E-state index contributed by atoms with van der Waals surface area (Å²) >= 11 is 0. The number of carbonyl (C=O) groups excluding carboxylic acids is 1. The van der Waals surface area contributed by atoms with Crippen LogP contribution in [0.1, 0.15) is 47.0 Å². The smallest absolute Gasteiger partial charge is 0.146 e. The van der Waals surface area contributed by atoms with E-state index in [1.54, 1.807) is 0 Å². The quantitative estimate of drug-likeness (QED) is 0.660. The van der Waals surface area contributed by atoms with E-state index in [2.05, 4.69) is 33.0 Å². The van der Waals surface area contributed by atoms with Crippen LogP contribution in [0.3, 0.4) is 0 Å². The van der Waals surface area contributed by atoms with Gasteiger partial charge in [-0.2, -0.15) is 0 Å². The third kappa shape index (κ3) is 7.97. The second-order valence-corrected chi connectivity index (χ2v) is 4.16. The highest BCUT2D eigenvalue weighted by Gasteiger charge is 2.04. The first-order valence-corrected chi connectivity index (χ1v) is 5.31. The molecule has 1 atom stereocenters. The van der Waals surface area contributed by atoms with E-state index >= 15 is 0 Å². The number of nitrogens with one attached hydrogen (secondary N) is 1. The number of Topliss-reactive ketones (excluding diaryl/α,β-unsaturated/α-hetero) is 1. The minimum Gasteiger partial charge on any atom is -0.308 e. The minimum absolute atomic E-state index is 0.342. The standard InChI is InChI=1S/C11H23NO/c1-5-10(4)12-8-11(13)7-6-9(2)3/h9-10,12H,5-8H2,1-4H3. The van der Waals surface area contributed by atoms with Gasteiger partial charge >= 0.3 is 0 Å². The molecule has 0 fully saturated rings. The molecule has 0 aliphatic rings. The molecule has 2 nitrogen and oxygen atoms in total. The summed E-state index contributed by atoms with van der Waals surface area (Å²) in [6.07, 6.45) is 2.82. The van der Waals surface area contributed by atoms with E-state index < -0.39 is 0 Å². The minimum atomic E-state index is 0.342. The van der Waals surface area contributed by atoms with Gasteiger partial charge in [-0.3, -0.25) is 4.79 Å². The SMILES string of the molecule is CCC(C)NCC(=O)CCC(C)C. The maximum Gasteiger partial charge on any atom is 0.146 e. The molecule has 0 saturated carbocycles. The lowest BCUT2D eigenvalue weighted by molar-refractivity contribution is -0.118. The van der Waals surface area contributed by atoms with E-state index in [1.807, 2.05) is 0 Å². The lowest BCUT2D eigenvalue weighted by Gasteiger charge is -2.10. The summed E-state index contributed by atoms with van der Waals surface area (Å²) < 4.78 is 0. The van der Waals surface area contributed by atoms with Gasteiger partial charge in [-0.05, 0) is 25.7 Å². The normalized spacial score (nSPS) is 13.3. The molecule has 0 aromatic rings. The van der Waals surface area contributed by atoms with Crippen LogP contribution in [0.2, 0.25) is 0 Å². The molecular formula is C11H23NO. The first-order valence-electron chi connectivity index (χ1n) is 5.31. The molecule has 0 radical (unpaired) electrons. The molecule has 0 rings (SSSR count). The zero-order valence-electron chi connectivity index (χ0n) is 9.39. The molecule has 0 aliphatic carbocycles. The third-order valence-corrected chi connectivity index (χ3v) is 2.26. The summed E-state index contributed by atoms with van der Waals surface area (Å²) in [4.78, 5) is 11.3. The number of hydrogen-bond acceptors (Lipinski definition) is 2. The van der Waals surface area contributed by atoms with Gasteiger partial charge in [0.2, 0.25) is 0 Å². The topological polar surface area (TPSA) is 29.1 Å². The van der Waals surface area contributed by atoms with Gasteiger partial charge in [0.25, 0.3) is 0 Å². The van der Waals surface area contributed by atoms with Crippen molar-refractivity contribution in [2.24, 2.45) is 5.92 Å². The Bertz CT molecular complexity index is 143. The fourth-order valence-corrected chi connectivity index (χ4v) is 0.970. The van der Waals surface area contributed by atoms with Crippen molar-refractivity contribution in [3.63, 3.8) is 0 Å². The van der Waals surface area contributed by atoms with Crippen molar-refractivity contribution in [1.82, 2.24) is 5.32 Å². The zero-order valence-corrected chi connectivity index (χ0v) is 9.39. The van der Waals surface area contributed by atoms with Crippen molar-refractivity contribution in [3.05, 3.63) is 0 Å². The van der Waals surface area contributed by atoms with Crippen molar-refractivity contribution >= 4 is 5.78 Å². The number of carbonyl (C=O) groups is 1. The summed E-state index contributed by atoms with van der Waals surface area (Å²) in [7, 11) is 0. The van der Waals surface area contributed by atoms with Gasteiger partial charge in [0.1, 0.15) is 5.78 Å². The van der Waals surface area contributed by atoms with Crippen molar-refractivity contribution in [2.45, 2.75) is 53.0 Å². The molecule has 13 heavy (non-hydrogen) atoms. The van der Waals surface area contributed by atoms with Gasteiger partial charge in [-0.1, -0.05) is 20.8 Å². The van der Waals surface area contributed by atoms with Gasteiger partial charge in [0.15, 0.2) is 0 Å². The van der Waals surface area contributed by atoms with Gasteiger partial charge in [0, 0.05) is 12.5 Å². The summed E-state index contributed by atoms with van der Waals surface area (Å²) in [5, 5.41) is 3.21. The van der Waals surface area contributed by atoms with Gasteiger partial charge in [-0.15, -0.1) is 0 Å². The van der Waals surface area contributed by atoms with Gasteiger partial charge in [0.05, 0.1) is 6.54 Å². The molecule has 0 aliphatic heterocycles. The molecule has 0 spiro atoms. The highest BCUT2D eigenvalue weighted by atomic mass is 16.1. The molecule has 0 heterocycles. The Hall–Kier alpha value is -0.370. The Morgan fingerprint density at radius 1 is 1.31 bits per heavy atom. The van der Waals surface area contributed by atoms with Crippen LogP contribution in [0.4, 0.5) is 0 Å². The van der Waals surface area contributed by atoms with E-state index in [0.29, 0.717) is 24.3 Å². The molecule has 0 aromatic heterocycles. The van der Waals surface area contributed by atoms with E-state index in [1.165, 1.54) is 0 Å². The molecule has 0 aromatic carbocycles. The number of rotatable bonds is 7. The lowest BCUT2D eigenvalue weighted by Crippen LogP contribution is -2.30. The Balaban J connectivity index is 3.40. The Morgan fingerprint density at radius 2 is 1.92 bits per heavy atom. The average Bonchev–Trinajstić information content (AvgIpc) is 2.10. The maximum atomic E-state index is 11.3. The first-order chi connectivity index (χ1) is 6.06. The highest BCUT2D eigenvalue weighted by Crippen LogP contribution is 2.03. The molecule has 0 amide bonds. The van der Waals surface area contributed by atoms with Crippen LogP contribution >= 0.6 is 0 Å². The second kappa shape index (κ2) is 7.07. The zero-order chi connectivity index (χ0) is 10.3. The summed E-state index contributed by atoms with van der Waals surface area (Å²) in [5.41, 5.74) is 0. The van der Waals surface area contributed by atoms with Crippen molar-refractivity contribution in [1.29, 1.82) is 0 Å². The van der Waals surface area contributed by atoms with Crippen LogP contribution in [0.15, 0.2) is 0 Å². The monoisotopic (exact) mass is 185 g/mol. The second-order valence-electron chi connectivity index (χ2n) is 4.16. The fraction of sp³-hybridized carbons (Fsp3) is 0.909. The van der Waals surface area contributed by atoms with Gasteiger partial charge in [-0.25, -0.2) is 0 Å². The molecule has 2 heteroatoms. The Morgan fingerprint density at radius 3 is 2.38 bits per heavy atom. The van der Waals surface area contributed by atoms with Crippen molar-refractivity contribution < 1.29 is 4.79 Å². The Kier molecular flexibility index (Phi) is 6.87. The molecule has 1 N–H and O–H groups in total. The maximum absolute atomic E-state index is 11.3. The molecular weight excluding hydrogens is 162 g/mol. The predicted molar refractivity (Wildman–Crippen MR) is 56.8 cm³/mol. The molecule has 0 bridgehead atoms. The van der Waals surface area contributed by atoms with E-state index in [4.69, 9.17) is 0 Å². The van der Waals surface area contributed by atoms with Gasteiger partial charge < -0.3 is 5.32 Å². The summed E-state index contributed by atoms with van der Waals surface area (Å²) in [6.45, 7) is 9.07. The van der Waals surface area contributed by atoms with Crippen molar-refractivity contribution in [3.8, 4) is 0 Å². The van der Waals surface area contributed by atoms with Crippen LogP contribution in [0.5, 0.6) is 0 Å². The number of ketones is 1. The average molecular weight is 185 g/mol. The first kappa shape index (κ1) is 12.6. The molecule has 78 valence electrons. The third-order valence-electron chi connectivity index (χ3n) is 2.26. The largest absolute Gasteiger partial charge is 0.308 e. The van der Waals surface area contributed by atoms with Crippen LogP contribution in [0.25, 0.3) is 0 Å². The number of hydrogen-bond donors (Lipinski definition) is 1. The molecule has 0 saturated heterocycles. The summed E-state index contributed by atoms with van der Waals surface area (Å²) in [5.74, 6) is 0.974. The summed E-state index contributed by atoms with van der Waals surface area (Å²) in [6, 6.07) is 0.461. The highest BCUT2D eigenvalue weighted by molar-refractivity contribution is 5.80. The van der Waals surface area contributed by atoms with Crippen LogP contribution in [0, 0.1) is 5.92 Å². The van der Waals surface area contributed by atoms with Crippen LogP contribution in [-0.4, -0.2) is 18.4 Å². The van der Waals surface area contributed by atoms with Crippen LogP contribution < -0.4 is 5.32 Å². The van der Waals surface area contributed by atoms with Crippen molar-refractivity contribution in [2.75, 3.05) is 6.54 Å². The molecule has 1 unspecified atom stereocenters. The fourth-order valence-electron chi connectivity index (χ4n) is 0.970. The van der Waals surface area contributed by atoms with E-state index in [-0.39, 0.29) is 0 Å². The van der Waals surface area contributed by atoms with Crippen LogP contribution in [-0.2, 0) is 4.79 Å². The predicted octanol–water partition coefficient (Wildman–Crippen LogP) is 2.38. The van der Waals surface area contributed by atoms with E-state index in [0.717, 1.165) is 19.3 Å². The Labute approximate surface area is 82.1 Å². The lowest BCUT2D eigenvalue weighted by atomic mass is 10.1. The van der Waals surface area contributed by atoms with E-state index in [9.17, 15) is 4.79 Å².